The zero-order valence-corrected chi connectivity index (χ0v) is 11.2. The number of nitrogens with one attached hydrogen (secondary N) is 1. The molecule has 0 amide bonds. The lowest BCUT2D eigenvalue weighted by Crippen LogP contribution is -2.42. The summed E-state index contributed by atoms with van der Waals surface area (Å²) in [4.78, 5) is 2.52. The standard InChI is InChI=1S/C15H21N3/c1-12-10-17(2)15-4-3-13(9-14(12)15)11-18-7-5-16-6-8-18/h3-4,9-10,16H,5-8,11H2,1-2H3. The summed E-state index contributed by atoms with van der Waals surface area (Å²) < 4.78 is 2.21. The number of nitrogens with zero attached hydrogens (tertiary/aromatic N) is 2. The SMILES string of the molecule is Cc1cn(C)c2ccc(CN3CCNCC3)cc12. The Hall–Kier alpha value is -1.32. The molecule has 3 rings (SSSR count). The molecular formula is C15H21N3. The van der Waals surface area contributed by atoms with Gasteiger partial charge in [-0.15, -0.1) is 0 Å². The van der Waals surface area contributed by atoms with Crippen LogP contribution >= 0.6 is 0 Å². The van der Waals surface area contributed by atoms with Gasteiger partial charge in [-0.3, -0.25) is 4.90 Å². The maximum absolute atomic E-state index is 3.40. The maximum Gasteiger partial charge on any atom is 0.0480 e. The first-order chi connectivity index (χ1) is 8.74. The number of rotatable bonds is 2. The van der Waals surface area contributed by atoms with Gasteiger partial charge in [0.1, 0.15) is 0 Å². The minimum Gasteiger partial charge on any atom is -0.350 e. The lowest BCUT2D eigenvalue weighted by Gasteiger charge is -2.27. The molecular weight excluding hydrogens is 222 g/mol. The summed E-state index contributed by atoms with van der Waals surface area (Å²) >= 11 is 0. The zero-order valence-electron chi connectivity index (χ0n) is 11.2. The van der Waals surface area contributed by atoms with E-state index in [9.17, 15) is 0 Å². The second kappa shape index (κ2) is 4.75. The molecule has 1 aromatic carbocycles. The molecule has 1 aliphatic heterocycles. The molecule has 1 fully saturated rings. The van der Waals surface area contributed by atoms with Crippen LogP contribution in [0.15, 0.2) is 24.4 Å². The van der Waals surface area contributed by atoms with Crippen LogP contribution in [0, 0.1) is 6.92 Å². The van der Waals surface area contributed by atoms with Crippen molar-refractivity contribution in [1.29, 1.82) is 0 Å². The van der Waals surface area contributed by atoms with Gasteiger partial charge in [0.15, 0.2) is 0 Å². The Labute approximate surface area is 108 Å². The average Bonchev–Trinajstić information content (AvgIpc) is 2.66. The van der Waals surface area contributed by atoms with E-state index in [-0.39, 0.29) is 0 Å². The van der Waals surface area contributed by atoms with Gasteiger partial charge >= 0.3 is 0 Å². The Bertz CT molecular complexity index is 550. The molecule has 0 bridgehead atoms. The summed E-state index contributed by atoms with van der Waals surface area (Å²) in [7, 11) is 2.12. The highest BCUT2D eigenvalue weighted by Gasteiger charge is 2.11. The Morgan fingerprint density at radius 1 is 1.22 bits per heavy atom. The van der Waals surface area contributed by atoms with Crippen LogP contribution in [-0.4, -0.2) is 35.6 Å². The largest absolute Gasteiger partial charge is 0.350 e. The summed E-state index contributed by atoms with van der Waals surface area (Å²) in [6.07, 6.45) is 2.21. The van der Waals surface area contributed by atoms with E-state index in [2.05, 4.69) is 53.2 Å². The van der Waals surface area contributed by atoms with E-state index in [4.69, 9.17) is 0 Å². The molecule has 0 saturated carbocycles. The molecule has 1 N–H and O–H groups in total. The zero-order chi connectivity index (χ0) is 12.5. The van der Waals surface area contributed by atoms with E-state index >= 15 is 0 Å². The van der Waals surface area contributed by atoms with E-state index in [1.165, 1.54) is 22.0 Å². The van der Waals surface area contributed by atoms with Gasteiger partial charge in [0.2, 0.25) is 0 Å². The number of benzene rings is 1. The van der Waals surface area contributed by atoms with Gasteiger partial charge in [-0.25, -0.2) is 0 Å². The highest BCUT2D eigenvalue weighted by molar-refractivity contribution is 5.84. The van der Waals surface area contributed by atoms with Crippen molar-refractivity contribution >= 4 is 10.9 Å². The van der Waals surface area contributed by atoms with Gasteiger partial charge in [-0.05, 0) is 30.2 Å². The highest BCUT2D eigenvalue weighted by atomic mass is 15.2. The fourth-order valence-corrected chi connectivity index (χ4v) is 2.86. The van der Waals surface area contributed by atoms with E-state index in [0.29, 0.717) is 0 Å². The van der Waals surface area contributed by atoms with Crippen molar-refractivity contribution < 1.29 is 0 Å². The minimum atomic E-state index is 1.08. The third-order valence-electron chi connectivity index (χ3n) is 3.87. The molecule has 0 spiro atoms. The number of hydrogen-bond donors (Lipinski definition) is 1. The minimum absolute atomic E-state index is 1.08. The van der Waals surface area contributed by atoms with Gasteiger partial charge in [-0.2, -0.15) is 0 Å². The number of piperazine rings is 1. The summed E-state index contributed by atoms with van der Waals surface area (Å²) in [6.45, 7) is 7.82. The van der Waals surface area contributed by atoms with Crippen molar-refractivity contribution in [3.63, 3.8) is 0 Å². The van der Waals surface area contributed by atoms with Crippen LogP contribution < -0.4 is 5.32 Å². The molecule has 1 aromatic heterocycles. The van der Waals surface area contributed by atoms with Crippen LogP contribution in [0.5, 0.6) is 0 Å². The van der Waals surface area contributed by atoms with Crippen molar-refractivity contribution in [3.05, 3.63) is 35.5 Å². The molecule has 3 nitrogen and oxygen atoms in total. The Morgan fingerprint density at radius 3 is 2.78 bits per heavy atom. The van der Waals surface area contributed by atoms with Gasteiger partial charge in [0.25, 0.3) is 0 Å². The van der Waals surface area contributed by atoms with E-state index in [0.717, 1.165) is 32.7 Å². The average molecular weight is 243 g/mol. The summed E-state index contributed by atoms with van der Waals surface area (Å²) in [5.41, 5.74) is 4.13. The smallest absolute Gasteiger partial charge is 0.0480 e. The number of fused-ring (bicyclic) bond motifs is 1. The van der Waals surface area contributed by atoms with Crippen molar-refractivity contribution in [3.8, 4) is 0 Å². The maximum atomic E-state index is 3.40. The van der Waals surface area contributed by atoms with E-state index in [1.54, 1.807) is 0 Å². The highest BCUT2D eigenvalue weighted by Crippen LogP contribution is 2.22. The van der Waals surface area contributed by atoms with E-state index < -0.39 is 0 Å². The van der Waals surface area contributed by atoms with Crippen LogP contribution in [0.4, 0.5) is 0 Å². The Morgan fingerprint density at radius 2 is 2.00 bits per heavy atom. The first kappa shape index (κ1) is 11.8. The Kier molecular flexibility index (Phi) is 3.10. The van der Waals surface area contributed by atoms with Crippen molar-refractivity contribution in [2.45, 2.75) is 13.5 Å². The van der Waals surface area contributed by atoms with Crippen LogP contribution in [-0.2, 0) is 13.6 Å². The predicted molar refractivity (Wildman–Crippen MR) is 75.8 cm³/mol. The topological polar surface area (TPSA) is 20.2 Å². The van der Waals surface area contributed by atoms with Crippen LogP contribution in [0.1, 0.15) is 11.1 Å². The van der Waals surface area contributed by atoms with Crippen molar-refractivity contribution in [2.24, 2.45) is 7.05 Å². The summed E-state index contributed by atoms with van der Waals surface area (Å²) in [5, 5.41) is 4.79. The molecule has 18 heavy (non-hydrogen) atoms. The number of hydrogen-bond acceptors (Lipinski definition) is 2. The molecule has 0 radical (unpaired) electrons. The molecule has 2 heterocycles. The molecule has 0 atom stereocenters. The molecule has 0 aliphatic carbocycles. The van der Waals surface area contributed by atoms with Crippen LogP contribution in [0.25, 0.3) is 10.9 Å². The molecule has 2 aromatic rings. The van der Waals surface area contributed by atoms with Gasteiger partial charge < -0.3 is 9.88 Å². The first-order valence-corrected chi connectivity index (χ1v) is 6.72. The molecule has 96 valence electrons. The third kappa shape index (κ3) is 2.16. The van der Waals surface area contributed by atoms with Crippen molar-refractivity contribution in [2.75, 3.05) is 26.2 Å². The molecule has 3 heteroatoms. The number of aryl methyl sites for hydroxylation is 2. The van der Waals surface area contributed by atoms with Crippen LogP contribution in [0.2, 0.25) is 0 Å². The summed E-state index contributed by atoms with van der Waals surface area (Å²) in [5.74, 6) is 0. The van der Waals surface area contributed by atoms with Crippen LogP contribution in [0.3, 0.4) is 0 Å². The van der Waals surface area contributed by atoms with Crippen molar-refractivity contribution in [1.82, 2.24) is 14.8 Å². The normalized spacial score (nSPS) is 17.4. The lowest BCUT2D eigenvalue weighted by molar-refractivity contribution is 0.233. The third-order valence-corrected chi connectivity index (χ3v) is 3.87. The fraction of sp³-hybridized carbons (Fsp3) is 0.467. The first-order valence-electron chi connectivity index (χ1n) is 6.72. The van der Waals surface area contributed by atoms with Gasteiger partial charge in [-0.1, -0.05) is 6.07 Å². The Balaban J connectivity index is 1.86. The summed E-state index contributed by atoms with van der Waals surface area (Å²) in [6, 6.07) is 6.87. The lowest BCUT2D eigenvalue weighted by atomic mass is 10.1. The second-order valence-electron chi connectivity index (χ2n) is 5.30. The monoisotopic (exact) mass is 243 g/mol. The fourth-order valence-electron chi connectivity index (χ4n) is 2.86. The second-order valence-corrected chi connectivity index (χ2v) is 5.30. The molecule has 1 saturated heterocycles. The quantitative estimate of drug-likeness (QED) is 0.869. The van der Waals surface area contributed by atoms with E-state index in [1.807, 2.05) is 0 Å². The predicted octanol–water partition coefficient (Wildman–Crippen LogP) is 1.89. The van der Waals surface area contributed by atoms with Gasteiger partial charge in [0.05, 0.1) is 0 Å². The molecule has 1 aliphatic rings. The van der Waals surface area contributed by atoms with Gasteiger partial charge in [0, 0.05) is 56.9 Å². The molecule has 0 unspecified atom stereocenters. The number of aromatic nitrogens is 1.